The Morgan fingerprint density at radius 1 is 1.40 bits per heavy atom. The van der Waals surface area contributed by atoms with Crippen LogP contribution >= 0.6 is 0 Å². The summed E-state index contributed by atoms with van der Waals surface area (Å²) >= 11 is 0. The summed E-state index contributed by atoms with van der Waals surface area (Å²) in [5.41, 5.74) is -1.50. The predicted octanol–water partition coefficient (Wildman–Crippen LogP) is -1.95. The molecule has 0 fully saturated rings. The minimum atomic E-state index is -1.50. The van der Waals surface area contributed by atoms with E-state index in [2.05, 4.69) is 4.84 Å². The minimum absolute atomic E-state index is 0.173. The fourth-order valence-electron chi connectivity index (χ4n) is 1.45. The number of nitrogens with zero attached hydrogens (tertiary/aromatic N) is 1. The molecule has 0 aliphatic carbocycles. The molecule has 0 amide bonds. The first-order valence-corrected chi connectivity index (χ1v) is 4.52. The topological polar surface area (TPSA) is 92.5 Å². The van der Waals surface area contributed by atoms with Crippen molar-refractivity contribution in [1.82, 2.24) is 0 Å². The summed E-state index contributed by atoms with van der Waals surface area (Å²) in [5.74, 6) is 3.27. The van der Waals surface area contributed by atoms with Gasteiger partial charge in [0, 0.05) is 12.4 Å². The molecule has 0 spiro atoms. The second-order valence-corrected chi connectivity index (χ2v) is 4.67. The number of nitrogens with two attached hydrogens (primary N) is 1. The predicted molar refractivity (Wildman–Crippen MR) is 51.2 cm³/mol. The lowest BCUT2D eigenvalue weighted by atomic mass is 9.94. The van der Waals surface area contributed by atoms with Crippen LogP contribution in [-0.2, 0) is 14.4 Å². The molecular formula is C9H18N2O4. The summed E-state index contributed by atoms with van der Waals surface area (Å²) in [4.78, 5) is 26.6. The summed E-state index contributed by atoms with van der Waals surface area (Å²) in [7, 11) is 5.43. The van der Waals surface area contributed by atoms with Gasteiger partial charge in [-0.3, -0.25) is 9.63 Å². The van der Waals surface area contributed by atoms with Crippen LogP contribution in [0.2, 0.25) is 0 Å². The Balaban J connectivity index is 4.98. The number of carbonyl (C=O) groups excluding carboxylic acids is 2. The Morgan fingerprint density at radius 3 is 2.07 bits per heavy atom. The maximum atomic E-state index is 11.4. The van der Waals surface area contributed by atoms with Crippen LogP contribution in [0.15, 0.2) is 0 Å². The zero-order chi connectivity index (χ0) is 12.3. The molecule has 0 radical (unpaired) electrons. The maximum Gasteiger partial charge on any atom is 0.200 e. The highest BCUT2D eigenvalue weighted by molar-refractivity contribution is 5.89. The Morgan fingerprint density at radius 2 is 1.87 bits per heavy atom. The van der Waals surface area contributed by atoms with Gasteiger partial charge < -0.3 is 14.4 Å². The SMILES string of the molecule is CC(=O)C(CC(=O)[O-])(C[N+](C)(C)C)ON. The Labute approximate surface area is 89.2 Å². The van der Waals surface area contributed by atoms with Crippen molar-refractivity contribution < 1.29 is 24.0 Å². The second kappa shape index (κ2) is 4.69. The van der Waals surface area contributed by atoms with Gasteiger partial charge in [-0.2, -0.15) is 0 Å². The fourth-order valence-corrected chi connectivity index (χ4v) is 1.45. The van der Waals surface area contributed by atoms with E-state index in [-0.39, 0.29) is 6.54 Å². The van der Waals surface area contributed by atoms with E-state index in [1.54, 1.807) is 0 Å². The number of ketones is 1. The third-order valence-electron chi connectivity index (χ3n) is 2.03. The van der Waals surface area contributed by atoms with Gasteiger partial charge in [0.15, 0.2) is 5.78 Å². The third kappa shape index (κ3) is 4.37. The van der Waals surface area contributed by atoms with Crippen LogP contribution in [0.1, 0.15) is 13.3 Å². The third-order valence-corrected chi connectivity index (χ3v) is 2.03. The van der Waals surface area contributed by atoms with E-state index in [1.807, 2.05) is 21.1 Å². The molecule has 88 valence electrons. The molecule has 0 aliphatic heterocycles. The first kappa shape index (κ1) is 14.0. The lowest BCUT2D eigenvalue weighted by Crippen LogP contribution is -2.58. The van der Waals surface area contributed by atoms with Gasteiger partial charge in [-0.25, -0.2) is 5.90 Å². The monoisotopic (exact) mass is 218 g/mol. The molecule has 6 heteroatoms. The van der Waals surface area contributed by atoms with Gasteiger partial charge in [0.1, 0.15) is 6.54 Å². The van der Waals surface area contributed by atoms with Gasteiger partial charge in [0.25, 0.3) is 0 Å². The molecular weight excluding hydrogens is 200 g/mol. The maximum absolute atomic E-state index is 11.4. The van der Waals surface area contributed by atoms with Crippen molar-refractivity contribution in [3.8, 4) is 0 Å². The van der Waals surface area contributed by atoms with Crippen molar-refractivity contribution in [2.45, 2.75) is 18.9 Å². The first-order valence-electron chi connectivity index (χ1n) is 4.52. The molecule has 1 atom stereocenters. The highest BCUT2D eigenvalue weighted by atomic mass is 16.6. The number of quaternary nitrogens is 1. The van der Waals surface area contributed by atoms with E-state index in [9.17, 15) is 14.7 Å². The van der Waals surface area contributed by atoms with Gasteiger partial charge in [-0.15, -0.1) is 0 Å². The van der Waals surface area contributed by atoms with Crippen LogP contribution in [0.25, 0.3) is 0 Å². The summed E-state index contributed by atoms with van der Waals surface area (Å²) < 4.78 is 0.365. The molecule has 0 aromatic rings. The quantitative estimate of drug-likeness (QED) is 0.413. The number of hydrogen-bond acceptors (Lipinski definition) is 5. The Kier molecular flexibility index (Phi) is 4.39. The number of rotatable bonds is 6. The molecule has 6 nitrogen and oxygen atoms in total. The molecule has 0 aromatic carbocycles. The molecule has 0 aromatic heterocycles. The molecule has 2 N–H and O–H groups in total. The summed E-state index contributed by atoms with van der Waals surface area (Å²) in [6, 6.07) is 0. The molecule has 0 bridgehead atoms. The number of carboxylic acids is 1. The van der Waals surface area contributed by atoms with Crippen molar-refractivity contribution >= 4 is 11.8 Å². The first-order chi connectivity index (χ1) is 6.63. The zero-order valence-electron chi connectivity index (χ0n) is 9.57. The molecule has 0 aliphatic rings. The van der Waals surface area contributed by atoms with Crippen LogP contribution in [0.4, 0.5) is 0 Å². The number of aliphatic carboxylic acids is 1. The lowest BCUT2D eigenvalue weighted by Gasteiger charge is -2.36. The highest BCUT2D eigenvalue weighted by Gasteiger charge is 2.42. The van der Waals surface area contributed by atoms with E-state index in [1.165, 1.54) is 6.92 Å². The van der Waals surface area contributed by atoms with Crippen LogP contribution in [-0.4, -0.2) is 49.5 Å². The van der Waals surface area contributed by atoms with Crippen molar-refractivity contribution in [3.05, 3.63) is 0 Å². The van der Waals surface area contributed by atoms with Crippen molar-refractivity contribution in [1.29, 1.82) is 0 Å². The minimum Gasteiger partial charge on any atom is -0.550 e. The molecule has 0 heterocycles. The van der Waals surface area contributed by atoms with Crippen LogP contribution in [0.3, 0.4) is 0 Å². The van der Waals surface area contributed by atoms with E-state index in [4.69, 9.17) is 5.90 Å². The van der Waals surface area contributed by atoms with Gasteiger partial charge in [0.05, 0.1) is 21.1 Å². The van der Waals surface area contributed by atoms with Crippen LogP contribution < -0.4 is 11.0 Å². The second-order valence-electron chi connectivity index (χ2n) is 4.67. The number of Topliss-reactive ketones (excluding diaryl/α,β-unsaturated/α-hetero) is 1. The van der Waals surface area contributed by atoms with Crippen molar-refractivity contribution in [3.63, 3.8) is 0 Å². The lowest BCUT2D eigenvalue weighted by molar-refractivity contribution is -0.875. The normalized spacial score (nSPS) is 15.8. The largest absolute Gasteiger partial charge is 0.550 e. The summed E-state index contributed by atoms with van der Waals surface area (Å²) in [5, 5.41) is 10.6. The van der Waals surface area contributed by atoms with E-state index < -0.39 is 23.8 Å². The van der Waals surface area contributed by atoms with Gasteiger partial charge >= 0.3 is 0 Å². The smallest absolute Gasteiger partial charge is 0.200 e. The highest BCUT2D eigenvalue weighted by Crippen LogP contribution is 2.18. The van der Waals surface area contributed by atoms with Crippen LogP contribution in [0, 0.1) is 0 Å². The average molecular weight is 218 g/mol. The number of carbonyl (C=O) groups is 2. The number of likely N-dealkylation sites (N-methyl/N-ethyl adjacent to an activating group) is 1. The van der Waals surface area contributed by atoms with Crippen molar-refractivity contribution in [2.75, 3.05) is 27.7 Å². The summed E-state index contributed by atoms with van der Waals surface area (Å²) in [6.07, 6.45) is -0.533. The fraction of sp³-hybridized carbons (Fsp3) is 0.778. The summed E-state index contributed by atoms with van der Waals surface area (Å²) in [6.45, 7) is 1.43. The standard InChI is InChI=1S/C9H18N2O4/c1-7(12)9(15-10,5-8(13)14)6-11(2,3)4/h5-6,10H2,1-4H3. The zero-order valence-corrected chi connectivity index (χ0v) is 9.57. The van der Waals surface area contributed by atoms with Crippen LogP contribution in [0.5, 0.6) is 0 Å². The molecule has 0 rings (SSSR count). The van der Waals surface area contributed by atoms with E-state index >= 15 is 0 Å². The van der Waals surface area contributed by atoms with Gasteiger partial charge in [-0.1, -0.05) is 0 Å². The van der Waals surface area contributed by atoms with E-state index in [0.29, 0.717) is 4.48 Å². The molecule has 0 saturated heterocycles. The molecule has 1 unspecified atom stereocenters. The van der Waals surface area contributed by atoms with Crippen molar-refractivity contribution in [2.24, 2.45) is 5.90 Å². The number of carboxylic acid groups (broad SMARTS) is 1. The number of hydrogen-bond donors (Lipinski definition) is 1. The molecule has 0 saturated carbocycles. The average Bonchev–Trinajstić information content (AvgIpc) is 1.98. The van der Waals surface area contributed by atoms with E-state index in [0.717, 1.165) is 0 Å². The van der Waals surface area contributed by atoms with Gasteiger partial charge in [-0.05, 0) is 6.92 Å². The Bertz CT molecular complexity index is 259. The Hall–Kier alpha value is -0.980. The van der Waals surface area contributed by atoms with Gasteiger partial charge in [0.2, 0.25) is 5.60 Å². The molecule has 15 heavy (non-hydrogen) atoms.